The molecule has 1 aliphatic rings. The van der Waals surface area contributed by atoms with Gasteiger partial charge in [0.15, 0.2) is 0 Å². The van der Waals surface area contributed by atoms with Gasteiger partial charge < -0.3 is 14.0 Å². The predicted octanol–water partition coefficient (Wildman–Crippen LogP) is 6.10. The van der Waals surface area contributed by atoms with E-state index in [2.05, 4.69) is 51.6 Å². The number of rotatable bonds is 16. The maximum Gasteiger partial charge on any atom is 0.316 e. The van der Waals surface area contributed by atoms with Crippen LogP contribution in [0.2, 0.25) is 5.04 Å². The van der Waals surface area contributed by atoms with E-state index in [1.807, 2.05) is 50.2 Å². The number of esters is 1. The number of carbonyl (C=O) groups excluding carboxylic acids is 4. The summed E-state index contributed by atoms with van der Waals surface area (Å²) >= 11 is 0. The highest BCUT2D eigenvalue weighted by Crippen LogP contribution is 2.52. The average Bonchev–Trinajstić information content (AvgIpc) is 3.26. The SMILES string of the molecule is C=CCC[C@H](C(=O)CC[C@H](C)CC=O)[C@H]1[C@H](C(=O)OC)C(=O)C[C@]1(C)CO[Si](c1ccccc1)(c1ccccc1)C(C)(C)C. The predicted molar refractivity (Wildman–Crippen MR) is 177 cm³/mol. The monoisotopic (exact) mass is 618 g/mol. The van der Waals surface area contributed by atoms with Crippen LogP contribution in [-0.4, -0.2) is 45.9 Å². The number of ketones is 2. The molecule has 0 aromatic heterocycles. The molecule has 7 heteroatoms. The van der Waals surface area contributed by atoms with Crippen LogP contribution in [0.25, 0.3) is 0 Å². The van der Waals surface area contributed by atoms with E-state index in [0.29, 0.717) is 25.7 Å². The zero-order valence-corrected chi connectivity index (χ0v) is 28.3. The van der Waals surface area contributed by atoms with Gasteiger partial charge >= 0.3 is 5.97 Å². The minimum Gasteiger partial charge on any atom is -0.468 e. The normalized spacial score (nSPS) is 21.8. The van der Waals surface area contributed by atoms with E-state index in [0.717, 1.165) is 16.7 Å². The minimum atomic E-state index is -2.96. The Kier molecular flexibility index (Phi) is 12.2. The lowest BCUT2D eigenvalue weighted by atomic mass is 9.67. The highest BCUT2D eigenvalue weighted by molar-refractivity contribution is 6.99. The van der Waals surface area contributed by atoms with Gasteiger partial charge in [-0.2, -0.15) is 0 Å². The number of benzene rings is 2. The Hall–Kier alpha value is -3.16. The van der Waals surface area contributed by atoms with Gasteiger partial charge in [0.25, 0.3) is 8.32 Å². The second kappa shape index (κ2) is 15.2. The van der Waals surface area contributed by atoms with E-state index in [4.69, 9.17) is 9.16 Å². The fourth-order valence-corrected chi connectivity index (χ4v) is 11.9. The summed E-state index contributed by atoms with van der Waals surface area (Å²) in [5.74, 6) is -2.91. The van der Waals surface area contributed by atoms with Crippen molar-refractivity contribution in [1.29, 1.82) is 0 Å². The summed E-state index contributed by atoms with van der Waals surface area (Å²) in [4.78, 5) is 52.0. The van der Waals surface area contributed by atoms with Crippen LogP contribution in [0.3, 0.4) is 0 Å². The van der Waals surface area contributed by atoms with Crippen LogP contribution in [0.5, 0.6) is 0 Å². The molecule has 0 N–H and O–H groups in total. The molecule has 1 aliphatic carbocycles. The molecule has 1 saturated carbocycles. The molecule has 44 heavy (non-hydrogen) atoms. The summed E-state index contributed by atoms with van der Waals surface area (Å²) < 4.78 is 12.5. The molecule has 2 aromatic carbocycles. The molecule has 0 radical (unpaired) electrons. The number of hydrogen-bond acceptors (Lipinski definition) is 6. The van der Waals surface area contributed by atoms with Gasteiger partial charge in [-0.15, -0.1) is 6.58 Å². The summed E-state index contributed by atoms with van der Waals surface area (Å²) in [6, 6.07) is 20.6. The minimum absolute atomic E-state index is 0.00914. The molecule has 5 atom stereocenters. The number of Topliss-reactive ketones (excluding diaryl/α,β-unsaturated/α-hetero) is 2. The number of methoxy groups -OCH3 is 1. The third-order valence-electron chi connectivity index (χ3n) is 9.49. The molecule has 238 valence electrons. The van der Waals surface area contributed by atoms with E-state index in [-0.39, 0.29) is 42.0 Å². The number of aldehydes is 1. The highest BCUT2D eigenvalue weighted by Gasteiger charge is 2.59. The molecule has 0 unspecified atom stereocenters. The zero-order valence-electron chi connectivity index (χ0n) is 27.3. The Balaban J connectivity index is 2.13. The Bertz CT molecular complexity index is 1240. The number of carbonyl (C=O) groups is 4. The lowest BCUT2D eigenvalue weighted by Gasteiger charge is -2.46. The molecule has 2 aromatic rings. The first-order valence-corrected chi connectivity index (χ1v) is 17.7. The van der Waals surface area contributed by atoms with Crippen LogP contribution in [0.1, 0.15) is 73.1 Å². The first-order valence-electron chi connectivity index (χ1n) is 15.8. The van der Waals surface area contributed by atoms with E-state index in [1.54, 1.807) is 6.08 Å². The smallest absolute Gasteiger partial charge is 0.316 e. The van der Waals surface area contributed by atoms with Crippen molar-refractivity contribution < 1.29 is 28.3 Å². The van der Waals surface area contributed by atoms with Gasteiger partial charge in [-0.25, -0.2) is 0 Å². The van der Waals surface area contributed by atoms with Crippen molar-refractivity contribution in [2.75, 3.05) is 13.7 Å². The molecule has 6 nitrogen and oxygen atoms in total. The Morgan fingerprint density at radius 3 is 2.09 bits per heavy atom. The fraction of sp³-hybridized carbons (Fsp3) is 0.514. The molecular formula is C37H50O6Si. The number of ether oxygens (including phenoxy) is 1. The van der Waals surface area contributed by atoms with Crippen LogP contribution in [0, 0.1) is 29.1 Å². The first kappa shape index (κ1) is 35.3. The van der Waals surface area contributed by atoms with Gasteiger partial charge in [0.2, 0.25) is 0 Å². The van der Waals surface area contributed by atoms with E-state index >= 15 is 0 Å². The topological polar surface area (TPSA) is 86.7 Å². The van der Waals surface area contributed by atoms with Crippen LogP contribution in [0.4, 0.5) is 0 Å². The summed E-state index contributed by atoms with van der Waals surface area (Å²) in [6.07, 6.45) is 5.06. The van der Waals surface area contributed by atoms with E-state index in [9.17, 15) is 19.2 Å². The number of hydrogen-bond donors (Lipinski definition) is 0. The molecule has 0 heterocycles. The molecular weight excluding hydrogens is 568 g/mol. The number of allylic oxidation sites excluding steroid dienone is 1. The Morgan fingerprint density at radius 1 is 1.05 bits per heavy atom. The third-order valence-corrected chi connectivity index (χ3v) is 14.5. The maximum atomic E-state index is 14.0. The van der Waals surface area contributed by atoms with Gasteiger partial charge in [0.1, 0.15) is 23.8 Å². The Morgan fingerprint density at radius 2 is 1.61 bits per heavy atom. The van der Waals surface area contributed by atoms with Crippen molar-refractivity contribution in [1.82, 2.24) is 0 Å². The van der Waals surface area contributed by atoms with Crippen LogP contribution >= 0.6 is 0 Å². The van der Waals surface area contributed by atoms with Crippen LogP contribution < -0.4 is 10.4 Å². The first-order chi connectivity index (χ1) is 20.9. The van der Waals surface area contributed by atoms with Gasteiger partial charge in [-0.3, -0.25) is 14.4 Å². The summed E-state index contributed by atoms with van der Waals surface area (Å²) in [5, 5.41) is 1.96. The summed E-state index contributed by atoms with van der Waals surface area (Å²) in [7, 11) is -1.67. The van der Waals surface area contributed by atoms with Crippen molar-refractivity contribution in [3.05, 3.63) is 73.3 Å². The van der Waals surface area contributed by atoms with Crippen molar-refractivity contribution in [3.8, 4) is 0 Å². The molecule has 0 saturated heterocycles. The Labute approximate surface area is 264 Å². The second-order valence-corrected chi connectivity index (χ2v) is 18.1. The lowest BCUT2D eigenvalue weighted by Crippen LogP contribution is -2.67. The van der Waals surface area contributed by atoms with Gasteiger partial charge in [0, 0.05) is 37.2 Å². The molecule has 0 aliphatic heterocycles. The molecule has 0 bridgehead atoms. The van der Waals surface area contributed by atoms with Crippen molar-refractivity contribution >= 4 is 42.5 Å². The fourth-order valence-electron chi connectivity index (χ4n) is 7.23. The van der Waals surface area contributed by atoms with Gasteiger partial charge in [0.05, 0.1) is 7.11 Å². The quantitative estimate of drug-likeness (QED) is 0.0743. The van der Waals surface area contributed by atoms with Crippen molar-refractivity contribution in [2.24, 2.45) is 29.1 Å². The largest absolute Gasteiger partial charge is 0.468 e. The van der Waals surface area contributed by atoms with Crippen LogP contribution in [0.15, 0.2) is 73.3 Å². The molecule has 3 rings (SSSR count). The van der Waals surface area contributed by atoms with Crippen LogP contribution in [-0.2, 0) is 28.3 Å². The van der Waals surface area contributed by atoms with E-state index in [1.165, 1.54) is 7.11 Å². The average molecular weight is 619 g/mol. The van der Waals surface area contributed by atoms with Crippen molar-refractivity contribution in [2.45, 2.75) is 78.2 Å². The summed E-state index contributed by atoms with van der Waals surface area (Å²) in [6.45, 7) is 14.6. The van der Waals surface area contributed by atoms with Gasteiger partial charge in [-0.05, 0) is 46.5 Å². The van der Waals surface area contributed by atoms with Gasteiger partial charge in [-0.1, -0.05) is 101 Å². The highest BCUT2D eigenvalue weighted by atomic mass is 28.4. The maximum absolute atomic E-state index is 14.0. The molecule has 1 fully saturated rings. The molecule has 0 spiro atoms. The standard InChI is InChI=1S/C37H50O6Si/c1-8-9-20-30(31(39)22-21-27(2)23-24-38)34-33(35(41)42-7)32(40)25-37(34,6)26-43-44(36(3,4)5,28-16-12-10-13-17-28)29-18-14-11-15-19-29/h8,10-19,24,27,30,33-34H,1,9,20-23,25-26H2,2-7H3/t27-,30+,33+,34-,37+/m0/s1. The molecule has 0 amide bonds. The third kappa shape index (κ3) is 7.55. The van der Waals surface area contributed by atoms with Crippen molar-refractivity contribution in [3.63, 3.8) is 0 Å². The zero-order chi connectivity index (χ0) is 32.5. The lowest BCUT2D eigenvalue weighted by molar-refractivity contribution is -0.152. The second-order valence-electron chi connectivity index (χ2n) is 13.8. The van der Waals surface area contributed by atoms with E-state index < -0.39 is 37.5 Å². The summed E-state index contributed by atoms with van der Waals surface area (Å²) in [5.41, 5.74) is -0.793.